The van der Waals surface area contributed by atoms with Gasteiger partial charge in [0.15, 0.2) is 0 Å². The summed E-state index contributed by atoms with van der Waals surface area (Å²) < 4.78 is 10.8. The van der Waals surface area contributed by atoms with E-state index in [1.54, 1.807) is 6.26 Å². The maximum absolute atomic E-state index is 10.8. The van der Waals surface area contributed by atoms with Crippen molar-refractivity contribution in [1.82, 2.24) is 0 Å². The number of anilines is 1. The monoisotopic (exact) mass is 211 g/mol. The first-order valence-electron chi connectivity index (χ1n) is 4.70. The van der Waals surface area contributed by atoms with Gasteiger partial charge >= 0.3 is 0 Å². The lowest BCUT2D eigenvalue weighted by molar-refractivity contribution is 0.687. The summed E-state index contributed by atoms with van der Waals surface area (Å²) in [5.41, 5.74) is 3.63. The van der Waals surface area contributed by atoms with Crippen LogP contribution in [0, 0.1) is 13.8 Å². The molecule has 14 heavy (non-hydrogen) atoms. The van der Waals surface area contributed by atoms with E-state index in [2.05, 4.69) is 37.4 Å². The second-order valence-electron chi connectivity index (χ2n) is 3.58. The molecule has 0 amide bonds. The van der Waals surface area contributed by atoms with Crippen LogP contribution in [0.1, 0.15) is 11.1 Å². The topological polar surface area (TPSA) is 29.1 Å². The van der Waals surface area contributed by atoms with Gasteiger partial charge in [0.1, 0.15) is 0 Å². The van der Waals surface area contributed by atoms with Gasteiger partial charge in [0.05, 0.1) is 0 Å². The van der Waals surface area contributed by atoms with Gasteiger partial charge in [0, 0.05) is 35.0 Å². The Kier molecular flexibility index (Phi) is 4.14. The van der Waals surface area contributed by atoms with Gasteiger partial charge < -0.3 is 5.32 Å². The lowest BCUT2D eigenvalue weighted by Crippen LogP contribution is -2.09. The van der Waals surface area contributed by atoms with Crippen molar-refractivity contribution in [3.05, 3.63) is 29.3 Å². The summed E-state index contributed by atoms with van der Waals surface area (Å²) >= 11 is 0. The fourth-order valence-electron chi connectivity index (χ4n) is 1.42. The zero-order valence-electron chi connectivity index (χ0n) is 8.96. The molecule has 0 radical (unpaired) electrons. The largest absolute Gasteiger partial charge is 0.384 e. The van der Waals surface area contributed by atoms with Gasteiger partial charge in [-0.2, -0.15) is 0 Å². The molecular weight excluding hydrogens is 194 g/mol. The highest BCUT2D eigenvalue weighted by Gasteiger charge is 1.95. The van der Waals surface area contributed by atoms with Crippen LogP contribution in [0.5, 0.6) is 0 Å². The summed E-state index contributed by atoms with van der Waals surface area (Å²) in [6, 6.07) is 6.35. The standard InChI is InChI=1S/C11H17NOS/c1-9-6-10(2)8-11(7-9)12-4-5-14(3)13/h6-8,12H,4-5H2,1-3H3. The predicted octanol–water partition coefficient (Wildman–Crippen LogP) is 2.09. The molecule has 2 nitrogen and oxygen atoms in total. The number of hydrogen-bond acceptors (Lipinski definition) is 2. The molecule has 1 aromatic carbocycles. The van der Waals surface area contributed by atoms with E-state index in [1.165, 1.54) is 11.1 Å². The molecule has 1 N–H and O–H groups in total. The van der Waals surface area contributed by atoms with Crippen LogP contribution in [0.25, 0.3) is 0 Å². The molecule has 0 aliphatic heterocycles. The van der Waals surface area contributed by atoms with Crippen molar-refractivity contribution in [2.75, 3.05) is 23.9 Å². The van der Waals surface area contributed by atoms with E-state index in [9.17, 15) is 4.21 Å². The van der Waals surface area contributed by atoms with Gasteiger partial charge in [-0.25, -0.2) is 0 Å². The number of rotatable bonds is 4. The third kappa shape index (κ3) is 3.92. The molecule has 0 aliphatic carbocycles. The Morgan fingerprint density at radius 3 is 2.29 bits per heavy atom. The fourth-order valence-corrected chi connectivity index (χ4v) is 1.81. The Labute approximate surface area is 88.2 Å². The average molecular weight is 211 g/mol. The van der Waals surface area contributed by atoms with E-state index < -0.39 is 10.8 Å². The van der Waals surface area contributed by atoms with Crippen molar-refractivity contribution in [3.8, 4) is 0 Å². The maximum Gasteiger partial charge on any atom is 0.0405 e. The average Bonchev–Trinajstić information content (AvgIpc) is 2.01. The van der Waals surface area contributed by atoms with E-state index in [0.29, 0.717) is 5.75 Å². The second-order valence-corrected chi connectivity index (χ2v) is 5.14. The SMILES string of the molecule is Cc1cc(C)cc(NCCS(C)=O)c1. The van der Waals surface area contributed by atoms with Crippen molar-refractivity contribution in [1.29, 1.82) is 0 Å². The summed E-state index contributed by atoms with van der Waals surface area (Å²) in [7, 11) is -0.712. The molecule has 0 spiro atoms. The lowest BCUT2D eigenvalue weighted by atomic mass is 10.1. The predicted molar refractivity (Wildman–Crippen MR) is 63.3 cm³/mol. The van der Waals surface area contributed by atoms with Crippen LogP contribution in [0.3, 0.4) is 0 Å². The van der Waals surface area contributed by atoms with Gasteiger partial charge in [-0.15, -0.1) is 0 Å². The van der Waals surface area contributed by atoms with Gasteiger partial charge in [0.2, 0.25) is 0 Å². The van der Waals surface area contributed by atoms with E-state index in [1.807, 2.05) is 0 Å². The first kappa shape index (κ1) is 11.2. The molecule has 1 unspecified atom stereocenters. The maximum atomic E-state index is 10.8. The highest BCUT2D eigenvalue weighted by Crippen LogP contribution is 2.13. The van der Waals surface area contributed by atoms with E-state index in [4.69, 9.17) is 0 Å². The summed E-state index contributed by atoms with van der Waals surface area (Å²) in [5, 5.41) is 3.26. The molecule has 1 aromatic rings. The van der Waals surface area contributed by atoms with Crippen LogP contribution in [0.4, 0.5) is 5.69 Å². The summed E-state index contributed by atoms with van der Waals surface area (Å²) in [6.45, 7) is 4.93. The van der Waals surface area contributed by atoms with Crippen LogP contribution >= 0.6 is 0 Å². The van der Waals surface area contributed by atoms with Crippen LogP contribution in [-0.2, 0) is 10.8 Å². The molecular formula is C11H17NOS. The molecule has 78 valence electrons. The minimum absolute atomic E-state index is 0.701. The van der Waals surface area contributed by atoms with E-state index in [0.717, 1.165) is 12.2 Å². The highest BCUT2D eigenvalue weighted by molar-refractivity contribution is 7.84. The number of benzene rings is 1. The van der Waals surface area contributed by atoms with Gasteiger partial charge in [0.25, 0.3) is 0 Å². The first-order valence-corrected chi connectivity index (χ1v) is 6.43. The molecule has 0 saturated heterocycles. The van der Waals surface area contributed by atoms with E-state index >= 15 is 0 Å². The van der Waals surface area contributed by atoms with Crippen LogP contribution in [0.2, 0.25) is 0 Å². The molecule has 3 heteroatoms. The van der Waals surface area contributed by atoms with Crippen molar-refractivity contribution < 1.29 is 4.21 Å². The van der Waals surface area contributed by atoms with Crippen molar-refractivity contribution in [3.63, 3.8) is 0 Å². The third-order valence-corrected chi connectivity index (χ3v) is 2.72. The minimum atomic E-state index is -0.712. The minimum Gasteiger partial charge on any atom is -0.384 e. The summed E-state index contributed by atoms with van der Waals surface area (Å²) in [5.74, 6) is 0.701. The molecule has 0 aromatic heterocycles. The number of nitrogens with one attached hydrogen (secondary N) is 1. The molecule has 0 fully saturated rings. The smallest absolute Gasteiger partial charge is 0.0405 e. The van der Waals surface area contributed by atoms with Crippen molar-refractivity contribution >= 4 is 16.5 Å². The third-order valence-electron chi connectivity index (χ3n) is 1.94. The Balaban J connectivity index is 2.54. The second kappa shape index (κ2) is 5.15. The fraction of sp³-hybridized carbons (Fsp3) is 0.455. The van der Waals surface area contributed by atoms with Crippen LogP contribution < -0.4 is 5.32 Å². The van der Waals surface area contributed by atoms with Crippen molar-refractivity contribution in [2.45, 2.75) is 13.8 Å². The zero-order valence-corrected chi connectivity index (χ0v) is 9.78. The molecule has 0 heterocycles. The summed E-state index contributed by atoms with van der Waals surface area (Å²) in [6.07, 6.45) is 1.73. The summed E-state index contributed by atoms with van der Waals surface area (Å²) in [4.78, 5) is 0. The first-order chi connectivity index (χ1) is 6.58. The van der Waals surface area contributed by atoms with Crippen molar-refractivity contribution in [2.24, 2.45) is 0 Å². The Morgan fingerprint density at radius 2 is 1.79 bits per heavy atom. The van der Waals surface area contributed by atoms with Gasteiger partial charge in [-0.3, -0.25) is 4.21 Å². The lowest BCUT2D eigenvalue weighted by Gasteiger charge is -2.07. The van der Waals surface area contributed by atoms with Gasteiger partial charge in [-0.1, -0.05) is 6.07 Å². The highest BCUT2D eigenvalue weighted by atomic mass is 32.2. The molecule has 0 aliphatic rings. The Bertz CT molecular complexity index is 316. The Hall–Kier alpha value is -0.830. The number of hydrogen-bond donors (Lipinski definition) is 1. The van der Waals surface area contributed by atoms with Crippen LogP contribution in [0.15, 0.2) is 18.2 Å². The molecule has 0 bridgehead atoms. The normalized spacial score (nSPS) is 12.5. The van der Waals surface area contributed by atoms with Gasteiger partial charge in [-0.05, 0) is 37.1 Å². The van der Waals surface area contributed by atoms with Crippen LogP contribution in [-0.4, -0.2) is 22.8 Å². The molecule has 1 rings (SSSR count). The molecule has 1 atom stereocenters. The quantitative estimate of drug-likeness (QED) is 0.826. The number of aryl methyl sites for hydroxylation is 2. The molecule has 0 saturated carbocycles. The zero-order chi connectivity index (χ0) is 10.6. The van der Waals surface area contributed by atoms with E-state index in [-0.39, 0.29) is 0 Å². The Morgan fingerprint density at radius 1 is 1.21 bits per heavy atom.